The summed E-state index contributed by atoms with van der Waals surface area (Å²) in [7, 11) is 1.91. The minimum Gasteiger partial charge on any atom is -0.377 e. The Bertz CT molecular complexity index is 758. The first-order valence-corrected chi connectivity index (χ1v) is 9.17. The van der Waals surface area contributed by atoms with E-state index < -0.39 is 0 Å². The SMILES string of the molecule is Cc1nn(C)cc1CCC(=O)N1CCOCC1CCc1nccnc1C. The maximum absolute atomic E-state index is 12.8. The molecule has 2 aromatic rings. The van der Waals surface area contributed by atoms with Gasteiger partial charge in [0.05, 0.1) is 36.3 Å². The van der Waals surface area contributed by atoms with Gasteiger partial charge in [0, 0.05) is 38.6 Å². The summed E-state index contributed by atoms with van der Waals surface area (Å²) in [6.07, 6.45) is 8.31. The van der Waals surface area contributed by atoms with E-state index in [-0.39, 0.29) is 11.9 Å². The number of amides is 1. The number of hydrogen-bond donors (Lipinski definition) is 0. The molecule has 3 heterocycles. The molecule has 7 heteroatoms. The molecule has 7 nitrogen and oxygen atoms in total. The smallest absolute Gasteiger partial charge is 0.223 e. The fraction of sp³-hybridized carbons (Fsp3) is 0.579. The Labute approximate surface area is 154 Å². The number of hydrogen-bond acceptors (Lipinski definition) is 5. The van der Waals surface area contributed by atoms with Crippen molar-refractivity contribution in [2.75, 3.05) is 19.8 Å². The Morgan fingerprint density at radius 3 is 2.77 bits per heavy atom. The Morgan fingerprint density at radius 2 is 2.04 bits per heavy atom. The molecule has 0 bridgehead atoms. The average molecular weight is 357 g/mol. The summed E-state index contributed by atoms with van der Waals surface area (Å²) in [6.45, 7) is 5.82. The van der Waals surface area contributed by atoms with Crippen molar-refractivity contribution in [1.82, 2.24) is 24.6 Å². The molecular formula is C19H27N5O2. The molecule has 0 saturated carbocycles. The number of morpholine rings is 1. The second kappa shape index (κ2) is 8.40. The van der Waals surface area contributed by atoms with Crippen LogP contribution in [0.25, 0.3) is 0 Å². The molecule has 140 valence electrons. The number of ether oxygens (including phenoxy) is 1. The molecule has 0 N–H and O–H groups in total. The summed E-state index contributed by atoms with van der Waals surface area (Å²) in [4.78, 5) is 23.5. The minimum absolute atomic E-state index is 0.104. The highest BCUT2D eigenvalue weighted by Gasteiger charge is 2.27. The fourth-order valence-electron chi connectivity index (χ4n) is 3.49. The van der Waals surface area contributed by atoms with Crippen LogP contribution in [-0.2, 0) is 29.4 Å². The summed E-state index contributed by atoms with van der Waals surface area (Å²) in [5, 5.41) is 4.35. The zero-order valence-electron chi connectivity index (χ0n) is 15.8. The molecule has 0 radical (unpaired) electrons. The van der Waals surface area contributed by atoms with Crippen molar-refractivity contribution in [3.63, 3.8) is 0 Å². The van der Waals surface area contributed by atoms with Gasteiger partial charge in [-0.25, -0.2) is 0 Å². The molecule has 1 fully saturated rings. The molecule has 0 aliphatic carbocycles. The summed E-state index contributed by atoms with van der Waals surface area (Å²) in [5.74, 6) is 0.192. The molecule has 26 heavy (non-hydrogen) atoms. The predicted molar refractivity (Wildman–Crippen MR) is 97.7 cm³/mol. The predicted octanol–water partition coefficient (Wildman–Crippen LogP) is 1.62. The van der Waals surface area contributed by atoms with Gasteiger partial charge in [0.15, 0.2) is 0 Å². The third kappa shape index (κ3) is 4.46. The molecule has 1 aliphatic heterocycles. The molecule has 2 aromatic heterocycles. The topological polar surface area (TPSA) is 73.1 Å². The highest BCUT2D eigenvalue weighted by molar-refractivity contribution is 5.77. The van der Waals surface area contributed by atoms with Crippen molar-refractivity contribution < 1.29 is 9.53 Å². The molecule has 1 saturated heterocycles. The standard InChI is InChI=1S/C19H27N5O2/c1-14-16(12-23(3)22-14)4-7-19(25)24-10-11-26-13-17(24)5-6-18-15(2)20-8-9-21-18/h8-9,12,17H,4-7,10-11,13H2,1-3H3. The Morgan fingerprint density at radius 1 is 1.23 bits per heavy atom. The van der Waals surface area contributed by atoms with Crippen LogP contribution in [0.4, 0.5) is 0 Å². The number of nitrogens with zero attached hydrogens (tertiary/aromatic N) is 5. The van der Waals surface area contributed by atoms with E-state index in [0.29, 0.717) is 26.2 Å². The Balaban J connectivity index is 1.58. The average Bonchev–Trinajstić information content (AvgIpc) is 2.96. The van der Waals surface area contributed by atoms with E-state index in [2.05, 4.69) is 15.1 Å². The van der Waals surface area contributed by atoms with Crippen molar-refractivity contribution in [3.8, 4) is 0 Å². The van der Waals surface area contributed by atoms with E-state index in [1.165, 1.54) is 0 Å². The maximum atomic E-state index is 12.8. The van der Waals surface area contributed by atoms with E-state index in [0.717, 1.165) is 41.9 Å². The molecule has 0 aromatic carbocycles. The second-order valence-electron chi connectivity index (χ2n) is 6.86. The lowest BCUT2D eigenvalue weighted by molar-refractivity contribution is -0.140. The first kappa shape index (κ1) is 18.5. The van der Waals surface area contributed by atoms with Crippen molar-refractivity contribution >= 4 is 5.91 Å². The van der Waals surface area contributed by atoms with Crippen molar-refractivity contribution in [1.29, 1.82) is 0 Å². The largest absolute Gasteiger partial charge is 0.377 e. The number of rotatable bonds is 6. The van der Waals surface area contributed by atoms with Gasteiger partial charge in [0.2, 0.25) is 5.91 Å². The first-order valence-electron chi connectivity index (χ1n) is 9.17. The van der Waals surface area contributed by atoms with Gasteiger partial charge in [0.1, 0.15) is 0 Å². The van der Waals surface area contributed by atoms with Crippen LogP contribution >= 0.6 is 0 Å². The van der Waals surface area contributed by atoms with Crippen LogP contribution in [0, 0.1) is 13.8 Å². The van der Waals surface area contributed by atoms with E-state index in [1.54, 1.807) is 17.1 Å². The highest BCUT2D eigenvalue weighted by atomic mass is 16.5. The summed E-state index contributed by atoms with van der Waals surface area (Å²) >= 11 is 0. The van der Waals surface area contributed by atoms with Crippen LogP contribution in [0.5, 0.6) is 0 Å². The van der Waals surface area contributed by atoms with Gasteiger partial charge in [-0.3, -0.25) is 19.4 Å². The Kier molecular flexibility index (Phi) is 5.98. The monoisotopic (exact) mass is 357 g/mol. The van der Waals surface area contributed by atoms with Gasteiger partial charge >= 0.3 is 0 Å². The lowest BCUT2D eigenvalue weighted by atomic mass is 10.0. The molecule has 0 spiro atoms. The van der Waals surface area contributed by atoms with Gasteiger partial charge in [-0.2, -0.15) is 5.10 Å². The van der Waals surface area contributed by atoms with Crippen LogP contribution in [-0.4, -0.2) is 56.4 Å². The summed E-state index contributed by atoms with van der Waals surface area (Å²) < 4.78 is 7.42. The lowest BCUT2D eigenvalue weighted by Crippen LogP contribution is -2.49. The van der Waals surface area contributed by atoms with Gasteiger partial charge in [-0.05, 0) is 38.7 Å². The summed E-state index contributed by atoms with van der Waals surface area (Å²) in [6, 6.07) is 0.104. The van der Waals surface area contributed by atoms with Crippen molar-refractivity contribution in [2.24, 2.45) is 7.05 Å². The molecule has 3 rings (SSSR count). The van der Waals surface area contributed by atoms with Crippen molar-refractivity contribution in [2.45, 2.75) is 45.6 Å². The van der Waals surface area contributed by atoms with E-state index in [1.807, 2.05) is 32.0 Å². The third-order valence-corrected chi connectivity index (χ3v) is 4.97. The van der Waals surface area contributed by atoms with Crippen LogP contribution in [0.1, 0.15) is 35.5 Å². The quantitative estimate of drug-likeness (QED) is 0.785. The van der Waals surface area contributed by atoms with E-state index in [4.69, 9.17) is 4.74 Å². The van der Waals surface area contributed by atoms with Gasteiger partial charge in [-0.1, -0.05) is 0 Å². The van der Waals surface area contributed by atoms with E-state index in [9.17, 15) is 4.79 Å². The molecule has 1 atom stereocenters. The molecule has 1 amide bonds. The van der Waals surface area contributed by atoms with Crippen LogP contribution in [0.3, 0.4) is 0 Å². The fourth-order valence-corrected chi connectivity index (χ4v) is 3.49. The maximum Gasteiger partial charge on any atom is 0.223 e. The van der Waals surface area contributed by atoms with Crippen LogP contribution in [0.15, 0.2) is 18.6 Å². The normalized spacial score (nSPS) is 17.5. The van der Waals surface area contributed by atoms with Gasteiger partial charge < -0.3 is 9.64 Å². The number of carbonyl (C=O) groups is 1. The highest BCUT2D eigenvalue weighted by Crippen LogP contribution is 2.17. The van der Waals surface area contributed by atoms with E-state index >= 15 is 0 Å². The minimum atomic E-state index is 0.104. The molecule has 1 aliphatic rings. The zero-order valence-corrected chi connectivity index (χ0v) is 15.8. The number of aryl methyl sites for hydroxylation is 5. The molecule has 1 unspecified atom stereocenters. The van der Waals surface area contributed by atoms with Crippen molar-refractivity contribution in [3.05, 3.63) is 41.2 Å². The van der Waals surface area contributed by atoms with Crippen LogP contribution in [0.2, 0.25) is 0 Å². The first-order chi connectivity index (χ1) is 12.5. The van der Waals surface area contributed by atoms with Gasteiger partial charge in [-0.15, -0.1) is 0 Å². The zero-order chi connectivity index (χ0) is 18.5. The van der Waals surface area contributed by atoms with Crippen LogP contribution < -0.4 is 0 Å². The second-order valence-corrected chi connectivity index (χ2v) is 6.86. The third-order valence-electron chi connectivity index (χ3n) is 4.97. The lowest BCUT2D eigenvalue weighted by Gasteiger charge is -2.36. The number of aromatic nitrogens is 4. The molecular weight excluding hydrogens is 330 g/mol. The van der Waals surface area contributed by atoms with Gasteiger partial charge in [0.25, 0.3) is 0 Å². The Hall–Kier alpha value is -2.28. The number of carbonyl (C=O) groups excluding carboxylic acids is 1. The summed E-state index contributed by atoms with van der Waals surface area (Å²) in [5.41, 5.74) is 4.09.